The number of hydrogen-bond acceptors (Lipinski definition) is 9. The highest BCUT2D eigenvalue weighted by Crippen LogP contribution is 2.57. The number of rotatable bonds is 4. The second-order valence-electron chi connectivity index (χ2n) is 11.4. The molecule has 0 bridgehead atoms. The summed E-state index contributed by atoms with van der Waals surface area (Å²) in [6.45, 7) is 1.73. The lowest BCUT2D eigenvalue weighted by Crippen LogP contribution is -2.32. The predicted molar refractivity (Wildman–Crippen MR) is 188 cm³/mol. The summed E-state index contributed by atoms with van der Waals surface area (Å²) in [5.74, 6) is -0.163. The minimum Gasteiger partial charge on any atom is -0.466 e. The monoisotopic (exact) mass is 711 g/mol. The van der Waals surface area contributed by atoms with Gasteiger partial charge in [-0.1, -0.05) is 66.2 Å². The van der Waals surface area contributed by atoms with Gasteiger partial charge in [0, 0.05) is 33.6 Å². The molecule has 244 valence electrons. The number of methoxy groups -OCH3 is 1. The van der Waals surface area contributed by atoms with E-state index in [-0.39, 0.29) is 22.1 Å². The third-order valence-electron chi connectivity index (χ3n) is 8.45. The molecular weight excluding hydrogens is 688 g/mol. The Morgan fingerprint density at radius 2 is 1.69 bits per heavy atom. The Morgan fingerprint density at radius 1 is 0.980 bits per heavy atom. The van der Waals surface area contributed by atoms with Gasteiger partial charge >= 0.3 is 13.8 Å². The van der Waals surface area contributed by atoms with Crippen LogP contribution in [0.2, 0.25) is 5.02 Å². The molecule has 3 heterocycles. The number of allylic oxidation sites excluding steroid dienone is 1. The number of ether oxygens (including phenoxy) is 1. The Hall–Kier alpha value is -5.06. The van der Waals surface area contributed by atoms with Crippen LogP contribution in [0.1, 0.15) is 23.5 Å². The number of halogens is 2. The first kappa shape index (κ1) is 31.2. The maximum absolute atomic E-state index is 13.9. The molecule has 2 aliphatic rings. The summed E-state index contributed by atoms with van der Waals surface area (Å²) in [5.41, 5.74) is 3.43. The number of fused-ring (bicyclic) bond motifs is 7. The van der Waals surface area contributed by atoms with Crippen molar-refractivity contribution in [1.29, 1.82) is 0 Å². The average molecular weight is 712 g/mol. The van der Waals surface area contributed by atoms with E-state index in [1.807, 2.05) is 54.6 Å². The Kier molecular flexibility index (Phi) is 7.53. The van der Waals surface area contributed by atoms with Crippen molar-refractivity contribution >= 4 is 64.1 Å². The van der Waals surface area contributed by atoms with E-state index in [2.05, 4.69) is 10.3 Å². The SMILES string of the molecule is COC(=O)C1=C(C)NC(c2ncc(-c3ccc4c5c(ccc4c3)OP(=O)(O)Oc3ccc4ccccc4c3-5)s2)=N[C@H]1c1ccc(F)cc1Cl. The standard InChI is InChI=1S/C36H24ClFN3O6PS/c1-18-30(36(42)45-2)33(25-12-10-22(38)16-26(25)37)41-34(40-18)35-39-17-29(49-35)21-7-11-24-20(15-21)9-14-28-32(24)31-23-6-4-3-5-19(23)8-13-27(31)46-48(43,44)47-28/h3-17,33H,1-2H3,(H,40,41)(H,43,44)/t33-/m0/s1. The first-order chi connectivity index (χ1) is 23.6. The van der Waals surface area contributed by atoms with E-state index in [9.17, 15) is 18.6 Å². The number of thiazole rings is 1. The molecule has 1 aromatic heterocycles. The second-order valence-corrected chi connectivity index (χ2v) is 14.2. The summed E-state index contributed by atoms with van der Waals surface area (Å²) in [5, 5.41) is 7.36. The fourth-order valence-corrected chi connectivity index (χ4v) is 8.25. The van der Waals surface area contributed by atoms with Crippen LogP contribution in [0.25, 0.3) is 43.1 Å². The molecule has 6 aromatic rings. The van der Waals surface area contributed by atoms with E-state index in [1.54, 1.807) is 25.3 Å². The average Bonchev–Trinajstić information content (AvgIpc) is 3.53. The fourth-order valence-electron chi connectivity index (χ4n) is 6.27. The Bertz CT molecular complexity index is 2500. The molecule has 8 rings (SSSR count). The zero-order chi connectivity index (χ0) is 34.0. The third kappa shape index (κ3) is 5.45. The molecule has 0 radical (unpaired) electrons. The molecule has 5 aromatic carbocycles. The molecule has 0 spiro atoms. The number of carbonyl (C=O) groups is 1. The Balaban J connectivity index is 1.21. The summed E-state index contributed by atoms with van der Waals surface area (Å²) < 4.78 is 42.9. The molecule has 2 atom stereocenters. The van der Waals surface area contributed by atoms with E-state index in [0.717, 1.165) is 32.0 Å². The molecule has 9 nitrogen and oxygen atoms in total. The third-order valence-corrected chi connectivity index (χ3v) is 10.7. The fraction of sp³-hybridized carbons (Fsp3) is 0.0833. The topological polar surface area (TPSA) is 119 Å². The number of esters is 1. The van der Waals surface area contributed by atoms with Crippen LogP contribution < -0.4 is 14.4 Å². The second kappa shape index (κ2) is 11.8. The first-order valence-corrected chi connectivity index (χ1v) is 17.7. The van der Waals surface area contributed by atoms with E-state index in [4.69, 9.17) is 30.4 Å². The number of benzene rings is 5. The van der Waals surface area contributed by atoms with Crippen LogP contribution in [0.4, 0.5) is 4.39 Å². The van der Waals surface area contributed by atoms with Gasteiger partial charge in [-0.2, -0.15) is 0 Å². The van der Waals surface area contributed by atoms with Crippen molar-refractivity contribution in [2.45, 2.75) is 13.0 Å². The van der Waals surface area contributed by atoms with Gasteiger partial charge in [-0.15, -0.1) is 11.3 Å². The number of nitrogens with one attached hydrogen (secondary N) is 1. The van der Waals surface area contributed by atoms with Gasteiger partial charge in [0.15, 0.2) is 10.8 Å². The first-order valence-electron chi connectivity index (χ1n) is 15.0. The smallest absolute Gasteiger partial charge is 0.466 e. The van der Waals surface area contributed by atoms with Crippen molar-refractivity contribution < 1.29 is 32.4 Å². The highest BCUT2D eigenvalue weighted by atomic mass is 35.5. The molecule has 2 N–H and O–H groups in total. The molecule has 0 aliphatic carbocycles. The molecule has 0 amide bonds. The van der Waals surface area contributed by atoms with Gasteiger partial charge in [-0.05, 0) is 64.4 Å². The zero-order valence-electron chi connectivity index (χ0n) is 25.7. The molecule has 2 aliphatic heterocycles. The van der Waals surface area contributed by atoms with E-state index < -0.39 is 25.7 Å². The van der Waals surface area contributed by atoms with E-state index >= 15 is 0 Å². The molecule has 0 fully saturated rings. The van der Waals surface area contributed by atoms with Gasteiger partial charge < -0.3 is 19.1 Å². The molecule has 13 heteroatoms. The lowest BCUT2D eigenvalue weighted by Gasteiger charge is -2.25. The minimum absolute atomic E-state index is 0.132. The van der Waals surface area contributed by atoms with Crippen LogP contribution in [-0.4, -0.2) is 28.8 Å². The predicted octanol–water partition coefficient (Wildman–Crippen LogP) is 8.99. The van der Waals surface area contributed by atoms with Gasteiger partial charge in [0.2, 0.25) is 0 Å². The van der Waals surface area contributed by atoms with Gasteiger partial charge in [0.25, 0.3) is 0 Å². The van der Waals surface area contributed by atoms with Gasteiger partial charge in [-0.25, -0.2) is 18.7 Å². The molecule has 0 saturated heterocycles. The van der Waals surface area contributed by atoms with Crippen molar-refractivity contribution in [1.82, 2.24) is 10.3 Å². The lowest BCUT2D eigenvalue weighted by atomic mass is 9.91. The maximum atomic E-state index is 13.9. The quantitative estimate of drug-likeness (QED) is 0.137. The van der Waals surface area contributed by atoms with E-state index in [1.165, 1.54) is 36.6 Å². The molecular formula is C36H24ClFN3O6PS. The molecule has 0 saturated carbocycles. The number of aliphatic imine (C=N–C) groups is 1. The van der Waals surface area contributed by atoms with Crippen LogP contribution in [0.15, 0.2) is 107 Å². The number of phosphoric ester groups is 1. The molecule has 1 unspecified atom stereocenters. The highest BCUT2D eigenvalue weighted by molar-refractivity contribution is 7.48. The van der Waals surface area contributed by atoms with Gasteiger partial charge in [-0.3, -0.25) is 9.89 Å². The van der Waals surface area contributed by atoms with Crippen LogP contribution in [-0.2, 0) is 14.1 Å². The summed E-state index contributed by atoms with van der Waals surface area (Å²) in [7, 11) is -3.16. The number of carbonyl (C=O) groups excluding carboxylic acids is 1. The summed E-state index contributed by atoms with van der Waals surface area (Å²) in [6, 6.07) is 23.8. The number of nitrogens with zero attached hydrogens (tertiary/aromatic N) is 2. The van der Waals surface area contributed by atoms with Gasteiger partial charge in [0.05, 0.1) is 17.6 Å². The van der Waals surface area contributed by atoms with E-state index in [0.29, 0.717) is 33.2 Å². The summed E-state index contributed by atoms with van der Waals surface area (Å²) >= 11 is 7.81. The minimum atomic E-state index is -4.44. The number of aromatic nitrogens is 1. The maximum Gasteiger partial charge on any atom is 0.584 e. The number of amidine groups is 1. The van der Waals surface area contributed by atoms with Crippen molar-refractivity contribution in [2.24, 2.45) is 4.99 Å². The van der Waals surface area contributed by atoms with Crippen LogP contribution in [0.5, 0.6) is 11.5 Å². The number of hydrogen-bond donors (Lipinski definition) is 2. The summed E-state index contributed by atoms with van der Waals surface area (Å²) in [4.78, 5) is 33.6. The normalized spacial score (nSPS) is 18.5. The van der Waals surface area contributed by atoms with Gasteiger partial charge in [0.1, 0.15) is 23.4 Å². The Labute approximate surface area is 287 Å². The lowest BCUT2D eigenvalue weighted by molar-refractivity contribution is -0.136. The highest BCUT2D eigenvalue weighted by Gasteiger charge is 2.35. The van der Waals surface area contributed by atoms with Crippen molar-refractivity contribution in [2.75, 3.05) is 7.11 Å². The van der Waals surface area contributed by atoms with Crippen LogP contribution in [0, 0.1) is 5.82 Å². The van der Waals surface area contributed by atoms with Crippen molar-refractivity contribution in [3.8, 4) is 33.1 Å². The summed E-state index contributed by atoms with van der Waals surface area (Å²) in [6.07, 6.45) is 1.74. The Morgan fingerprint density at radius 3 is 2.43 bits per heavy atom. The largest absolute Gasteiger partial charge is 0.584 e. The van der Waals surface area contributed by atoms with Crippen molar-refractivity contribution in [3.05, 3.63) is 124 Å². The van der Waals surface area contributed by atoms with Crippen molar-refractivity contribution in [3.63, 3.8) is 0 Å². The number of phosphoric acid groups is 1. The molecule has 49 heavy (non-hydrogen) atoms. The van der Waals surface area contributed by atoms with Crippen LogP contribution >= 0.6 is 30.8 Å². The zero-order valence-corrected chi connectivity index (χ0v) is 28.2. The van der Waals surface area contributed by atoms with Crippen LogP contribution in [0.3, 0.4) is 0 Å².